The number of aryl methyl sites for hydroxylation is 1. The van der Waals surface area contributed by atoms with Gasteiger partial charge >= 0.3 is 0 Å². The zero-order valence-corrected chi connectivity index (χ0v) is 18.3. The zero-order valence-electron chi connectivity index (χ0n) is 17.5. The summed E-state index contributed by atoms with van der Waals surface area (Å²) in [5.41, 5.74) is 2.24. The van der Waals surface area contributed by atoms with Crippen molar-refractivity contribution in [2.45, 2.75) is 66.0 Å². The van der Waals surface area contributed by atoms with Gasteiger partial charge in [0, 0.05) is 24.8 Å². The SMILES string of the molecule is Cc1cccnc1CN1CCC2(CC1)CN(S(=O)(=O)CC(C)C)C(C)(C)C2. The van der Waals surface area contributed by atoms with E-state index in [2.05, 4.69) is 36.7 Å². The third kappa shape index (κ3) is 4.54. The van der Waals surface area contributed by atoms with Gasteiger partial charge in [-0.2, -0.15) is 4.31 Å². The van der Waals surface area contributed by atoms with E-state index in [4.69, 9.17) is 0 Å². The number of nitrogens with zero attached hydrogens (tertiary/aromatic N) is 3. The van der Waals surface area contributed by atoms with Gasteiger partial charge in [0.05, 0.1) is 11.4 Å². The fourth-order valence-corrected chi connectivity index (χ4v) is 7.29. The average molecular weight is 394 g/mol. The Balaban J connectivity index is 1.67. The molecule has 2 saturated heterocycles. The van der Waals surface area contributed by atoms with Gasteiger partial charge in [-0.1, -0.05) is 19.9 Å². The molecule has 1 spiro atoms. The average Bonchev–Trinajstić information content (AvgIpc) is 2.82. The first-order valence-corrected chi connectivity index (χ1v) is 11.8. The number of aromatic nitrogens is 1. The number of rotatable bonds is 5. The van der Waals surface area contributed by atoms with E-state index < -0.39 is 10.0 Å². The van der Waals surface area contributed by atoms with Crippen molar-refractivity contribution in [2.24, 2.45) is 11.3 Å². The highest BCUT2D eigenvalue weighted by atomic mass is 32.2. The van der Waals surface area contributed by atoms with E-state index in [1.807, 2.05) is 30.4 Å². The van der Waals surface area contributed by atoms with Gasteiger partial charge in [0.1, 0.15) is 0 Å². The van der Waals surface area contributed by atoms with Gasteiger partial charge < -0.3 is 0 Å². The lowest BCUT2D eigenvalue weighted by atomic mass is 9.74. The highest BCUT2D eigenvalue weighted by Gasteiger charge is 2.53. The lowest BCUT2D eigenvalue weighted by molar-refractivity contribution is 0.106. The highest BCUT2D eigenvalue weighted by Crippen LogP contribution is 2.49. The Morgan fingerprint density at radius 3 is 2.48 bits per heavy atom. The predicted molar refractivity (Wildman–Crippen MR) is 110 cm³/mol. The topological polar surface area (TPSA) is 53.5 Å². The maximum Gasteiger partial charge on any atom is 0.214 e. The molecule has 0 amide bonds. The molecule has 6 heteroatoms. The van der Waals surface area contributed by atoms with Crippen LogP contribution in [0.3, 0.4) is 0 Å². The van der Waals surface area contributed by atoms with E-state index in [9.17, 15) is 8.42 Å². The molecule has 1 aromatic rings. The number of hydrogen-bond donors (Lipinski definition) is 0. The van der Waals surface area contributed by atoms with E-state index in [0.29, 0.717) is 6.54 Å². The maximum atomic E-state index is 12.9. The summed E-state index contributed by atoms with van der Waals surface area (Å²) in [5.74, 6) is 0.406. The molecule has 2 aliphatic heterocycles. The van der Waals surface area contributed by atoms with Crippen molar-refractivity contribution in [3.63, 3.8) is 0 Å². The quantitative estimate of drug-likeness (QED) is 0.769. The van der Waals surface area contributed by atoms with Crippen LogP contribution in [-0.4, -0.2) is 53.5 Å². The van der Waals surface area contributed by atoms with E-state index >= 15 is 0 Å². The Kier molecular flexibility index (Phi) is 5.72. The second kappa shape index (κ2) is 7.45. The van der Waals surface area contributed by atoms with Gasteiger partial charge in [0.15, 0.2) is 0 Å². The molecular weight excluding hydrogens is 358 g/mol. The molecule has 2 fully saturated rings. The smallest absolute Gasteiger partial charge is 0.214 e. The van der Waals surface area contributed by atoms with Gasteiger partial charge in [-0.05, 0) is 76.1 Å². The first kappa shape index (κ1) is 20.7. The third-order valence-corrected chi connectivity index (χ3v) is 8.63. The van der Waals surface area contributed by atoms with Gasteiger partial charge in [0.25, 0.3) is 0 Å². The van der Waals surface area contributed by atoms with Gasteiger partial charge in [-0.3, -0.25) is 9.88 Å². The van der Waals surface area contributed by atoms with Crippen LogP contribution < -0.4 is 0 Å². The standard InChI is InChI=1S/C21H35N3O2S/c1-17(2)14-27(25,26)24-16-21(15-20(24,4)5)8-11-23(12-9-21)13-19-18(3)7-6-10-22-19/h6-7,10,17H,8-9,11-16H2,1-5H3. The number of pyridine rings is 1. The summed E-state index contributed by atoms with van der Waals surface area (Å²) in [5, 5.41) is 0. The Morgan fingerprint density at radius 1 is 1.22 bits per heavy atom. The minimum Gasteiger partial charge on any atom is -0.297 e. The van der Waals surface area contributed by atoms with Gasteiger partial charge in [-0.15, -0.1) is 0 Å². The van der Waals surface area contributed by atoms with Crippen molar-refractivity contribution in [3.8, 4) is 0 Å². The van der Waals surface area contributed by atoms with Crippen LogP contribution in [0.1, 0.15) is 58.2 Å². The first-order valence-electron chi connectivity index (χ1n) is 10.2. The van der Waals surface area contributed by atoms with Gasteiger partial charge in [-0.25, -0.2) is 8.42 Å². The summed E-state index contributed by atoms with van der Waals surface area (Å²) >= 11 is 0. The second-order valence-electron chi connectivity index (χ2n) is 9.71. The molecule has 152 valence electrons. The summed E-state index contributed by atoms with van der Waals surface area (Å²) in [4.78, 5) is 7.00. The molecule has 0 radical (unpaired) electrons. The lowest BCUT2D eigenvalue weighted by Crippen LogP contribution is -2.45. The van der Waals surface area contributed by atoms with Crippen molar-refractivity contribution < 1.29 is 8.42 Å². The lowest BCUT2D eigenvalue weighted by Gasteiger charge is -2.39. The molecule has 0 aromatic carbocycles. The van der Waals surface area contributed by atoms with E-state index in [0.717, 1.165) is 44.6 Å². The molecule has 0 bridgehead atoms. The van der Waals surface area contributed by atoms with E-state index in [-0.39, 0.29) is 22.6 Å². The molecule has 3 rings (SSSR count). The Labute approximate surface area is 165 Å². The molecule has 5 nitrogen and oxygen atoms in total. The molecule has 0 saturated carbocycles. The van der Waals surface area contributed by atoms with Crippen LogP contribution >= 0.6 is 0 Å². The molecule has 2 aliphatic rings. The zero-order chi connectivity index (χ0) is 19.9. The van der Waals surface area contributed by atoms with Crippen LogP contribution in [0.15, 0.2) is 18.3 Å². The van der Waals surface area contributed by atoms with Crippen LogP contribution in [0, 0.1) is 18.3 Å². The van der Waals surface area contributed by atoms with Crippen molar-refractivity contribution in [1.29, 1.82) is 0 Å². The number of likely N-dealkylation sites (tertiary alicyclic amines) is 1. The van der Waals surface area contributed by atoms with E-state index in [1.165, 1.54) is 5.56 Å². The summed E-state index contributed by atoms with van der Waals surface area (Å²) in [6.45, 7) is 13.9. The predicted octanol–water partition coefficient (Wildman–Crippen LogP) is 3.44. The second-order valence-corrected chi connectivity index (χ2v) is 11.6. The number of sulfonamides is 1. The monoisotopic (exact) mass is 393 g/mol. The molecule has 1 aromatic heterocycles. The van der Waals surface area contributed by atoms with Crippen LogP contribution in [-0.2, 0) is 16.6 Å². The fraction of sp³-hybridized carbons (Fsp3) is 0.762. The van der Waals surface area contributed by atoms with Crippen molar-refractivity contribution in [2.75, 3.05) is 25.4 Å². The Hall–Kier alpha value is -0.980. The minimum atomic E-state index is -3.20. The summed E-state index contributed by atoms with van der Waals surface area (Å²) in [6, 6.07) is 4.10. The molecule has 0 unspecified atom stereocenters. The molecular formula is C21H35N3O2S. The van der Waals surface area contributed by atoms with Crippen LogP contribution in [0.2, 0.25) is 0 Å². The fourth-order valence-electron chi connectivity index (χ4n) is 4.98. The molecule has 0 atom stereocenters. The number of piperidine rings is 1. The van der Waals surface area contributed by atoms with Crippen molar-refractivity contribution in [1.82, 2.24) is 14.2 Å². The van der Waals surface area contributed by atoms with Crippen LogP contribution in [0.25, 0.3) is 0 Å². The normalized spacial score (nSPS) is 23.3. The minimum absolute atomic E-state index is 0.128. The maximum absolute atomic E-state index is 12.9. The molecule has 0 aliphatic carbocycles. The van der Waals surface area contributed by atoms with Crippen molar-refractivity contribution in [3.05, 3.63) is 29.6 Å². The largest absolute Gasteiger partial charge is 0.297 e. The molecule has 27 heavy (non-hydrogen) atoms. The van der Waals surface area contributed by atoms with Gasteiger partial charge in [0.2, 0.25) is 10.0 Å². The Bertz CT molecular complexity index is 765. The van der Waals surface area contributed by atoms with E-state index in [1.54, 1.807) is 0 Å². The summed E-state index contributed by atoms with van der Waals surface area (Å²) in [6.07, 6.45) is 4.96. The number of hydrogen-bond acceptors (Lipinski definition) is 4. The highest BCUT2D eigenvalue weighted by molar-refractivity contribution is 7.89. The van der Waals surface area contributed by atoms with Crippen molar-refractivity contribution >= 4 is 10.0 Å². The molecule has 0 N–H and O–H groups in total. The first-order chi connectivity index (χ1) is 12.5. The molecule has 3 heterocycles. The van der Waals surface area contributed by atoms with Crippen LogP contribution in [0.4, 0.5) is 0 Å². The Morgan fingerprint density at radius 2 is 1.89 bits per heavy atom. The summed E-state index contributed by atoms with van der Waals surface area (Å²) in [7, 11) is -3.20. The third-order valence-electron chi connectivity index (χ3n) is 6.25. The van der Waals surface area contributed by atoms with Crippen LogP contribution in [0.5, 0.6) is 0 Å². The summed E-state index contributed by atoms with van der Waals surface area (Å²) < 4.78 is 27.7.